The highest BCUT2D eigenvalue weighted by molar-refractivity contribution is 5.88. The van der Waals surface area contributed by atoms with Crippen LogP contribution in [0.2, 0.25) is 0 Å². The number of rotatable bonds is 3. The van der Waals surface area contributed by atoms with Crippen LogP contribution in [0.4, 0.5) is 11.8 Å². The van der Waals surface area contributed by atoms with Crippen molar-refractivity contribution in [3.63, 3.8) is 0 Å². The summed E-state index contributed by atoms with van der Waals surface area (Å²) in [6, 6.07) is 0.485. The zero-order chi connectivity index (χ0) is 16.8. The molecule has 3 N–H and O–H groups in total. The summed E-state index contributed by atoms with van der Waals surface area (Å²) >= 11 is 0. The smallest absolute Gasteiger partial charge is 0.222 e. The molecule has 0 bridgehead atoms. The highest BCUT2D eigenvalue weighted by atomic mass is 15.3. The van der Waals surface area contributed by atoms with Crippen molar-refractivity contribution in [1.29, 1.82) is 0 Å². The number of nitrogens with two attached hydrogens (primary N) is 1. The van der Waals surface area contributed by atoms with E-state index >= 15 is 0 Å². The molecule has 126 valence electrons. The molecule has 1 saturated heterocycles. The molecule has 1 aliphatic rings. The van der Waals surface area contributed by atoms with E-state index in [0.29, 0.717) is 12.0 Å². The van der Waals surface area contributed by atoms with Crippen molar-refractivity contribution in [2.24, 2.45) is 12.5 Å². The third-order valence-electron chi connectivity index (χ3n) is 4.39. The first-order chi connectivity index (χ1) is 10.8. The number of hydrogen-bond acceptors (Lipinski definition) is 6. The van der Waals surface area contributed by atoms with Crippen LogP contribution in [-0.2, 0) is 13.5 Å². The fourth-order valence-corrected chi connectivity index (χ4v) is 3.23. The second-order valence-electron chi connectivity index (χ2n) is 7.63. The molecule has 1 fully saturated rings. The number of aryl methyl sites for hydroxylation is 1. The molecule has 23 heavy (non-hydrogen) atoms. The van der Waals surface area contributed by atoms with E-state index in [-0.39, 0.29) is 5.41 Å². The average molecular weight is 317 g/mol. The second-order valence-corrected chi connectivity index (χ2v) is 7.63. The number of aromatic nitrogens is 4. The lowest BCUT2D eigenvalue weighted by Crippen LogP contribution is -2.30. The molecular formula is C16H27N7. The average Bonchev–Trinajstić information content (AvgIpc) is 3.03. The summed E-state index contributed by atoms with van der Waals surface area (Å²) < 4.78 is 1.93. The molecule has 0 radical (unpaired) electrons. The highest BCUT2D eigenvalue weighted by Gasteiger charge is 2.27. The van der Waals surface area contributed by atoms with Gasteiger partial charge >= 0.3 is 0 Å². The van der Waals surface area contributed by atoms with Crippen LogP contribution >= 0.6 is 0 Å². The van der Waals surface area contributed by atoms with Gasteiger partial charge in [-0.2, -0.15) is 10.1 Å². The fourth-order valence-electron chi connectivity index (χ4n) is 3.23. The summed E-state index contributed by atoms with van der Waals surface area (Å²) in [4.78, 5) is 11.2. The number of nitrogens with one attached hydrogen (secondary N) is 1. The van der Waals surface area contributed by atoms with Crippen LogP contribution in [0, 0.1) is 5.41 Å². The summed E-state index contributed by atoms with van der Waals surface area (Å²) in [6.45, 7) is 8.54. The van der Waals surface area contributed by atoms with E-state index in [9.17, 15) is 0 Å². The molecular weight excluding hydrogens is 290 g/mol. The summed E-state index contributed by atoms with van der Waals surface area (Å²) in [5.74, 6) is 1.18. The van der Waals surface area contributed by atoms with Crippen molar-refractivity contribution < 1.29 is 0 Å². The second kappa shape index (κ2) is 5.63. The third-order valence-corrected chi connectivity index (χ3v) is 4.39. The van der Waals surface area contributed by atoms with E-state index in [1.807, 2.05) is 18.8 Å². The Morgan fingerprint density at radius 2 is 2.00 bits per heavy atom. The number of likely N-dealkylation sites (N-methyl/N-ethyl adjacent to an activating group) is 1. The first kappa shape index (κ1) is 16.0. The number of nitrogen functional groups attached to an aromatic ring is 1. The van der Waals surface area contributed by atoms with E-state index in [0.717, 1.165) is 48.5 Å². The summed E-state index contributed by atoms with van der Waals surface area (Å²) in [5, 5.41) is 8.04. The Bertz CT molecular complexity index is 713. The number of hydrogen-bond donors (Lipinski definition) is 2. The Kier molecular flexibility index (Phi) is 3.91. The molecule has 0 aromatic carbocycles. The Morgan fingerprint density at radius 3 is 2.61 bits per heavy atom. The van der Waals surface area contributed by atoms with Gasteiger partial charge in [0, 0.05) is 26.2 Å². The van der Waals surface area contributed by atoms with Crippen LogP contribution < -0.4 is 16.0 Å². The Labute approximate surface area is 137 Å². The first-order valence-electron chi connectivity index (χ1n) is 8.20. The Morgan fingerprint density at radius 1 is 1.26 bits per heavy atom. The molecule has 1 atom stereocenters. The number of anilines is 2. The normalized spacial score (nSPS) is 19.0. The molecule has 7 nitrogen and oxygen atoms in total. The maximum absolute atomic E-state index is 6.00. The van der Waals surface area contributed by atoms with Gasteiger partial charge in [0.05, 0.1) is 5.69 Å². The molecule has 0 amide bonds. The zero-order valence-electron chi connectivity index (χ0n) is 14.7. The lowest BCUT2D eigenvalue weighted by atomic mass is 9.90. The largest absolute Gasteiger partial charge is 0.368 e. The zero-order valence-corrected chi connectivity index (χ0v) is 14.7. The van der Waals surface area contributed by atoms with Gasteiger partial charge in [-0.3, -0.25) is 4.68 Å². The van der Waals surface area contributed by atoms with Gasteiger partial charge in [0.15, 0.2) is 11.3 Å². The monoisotopic (exact) mass is 317 g/mol. The quantitative estimate of drug-likeness (QED) is 0.888. The molecule has 3 rings (SSSR count). The van der Waals surface area contributed by atoms with Gasteiger partial charge in [0.1, 0.15) is 5.52 Å². The van der Waals surface area contributed by atoms with Gasteiger partial charge in [-0.15, -0.1) is 0 Å². The summed E-state index contributed by atoms with van der Waals surface area (Å²) in [5.41, 5.74) is 9.02. The van der Waals surface area contributed by atoms with Gasteiger partial charge < -0.3 is 16.0 Å². The molecule has 0 spiro atoms. The molecule has 7 heteroatoms. The maximum atomic E-state index is 6.00. The van der Waals surface area contributed by atoms with E-state index in [4.69, 9.17) is 10.8 Å². The van der Waals surface area contributed by atoms with Gasteiger partial charge in [0.25, 0.3) is 0 Å². The predicted molar refractivity (Wildman–Crippen MR) is 93.6 cm³/mol. The Balaban J connectivity index is 2.08. The van der Waals surface area contributed by atoms with Crippen molar-refractivity contribution in [3.8, 4) is 0 Å². The van der Waals surface area contributed by atoms with E-state index in [1.54, 1.807) is 0 Å². The van der Waals surface area contributed by atoms with Crippen molar-refractivity contribution in [2.75, 3.05) is 30.8 Å². The molecule has 0 saturated carbocycles. The van der Waals surface area contributed by atoms with Crippen molar-refractivity contribution in [3.05, 3.63) is 5.69 Å². The lowest BCUT2D eigenvalue weighted by molar-refractivity contribution is 0.399. The molecule has 0 aliphatic carbocycles. The first-order valence-corrected chi connectivity index (χ1v) is 8.20. The topological polar surface area (TPSA) is 84.9 Å². The summed E-state index contributed by atoms with van der Waals surface area (Å²) in [7, 11) is 3.98. The van der Waals surface area contributed by atoms with Crippen LogP contribution in [0.5, 0.6) is 0 Å². The fraction of sp³-hybridized carbons (Fsp3) is 0.688. The van der Waals surface area contributed by atoms with E-state index < -0.39 is 0 Å². The molecule has 3 heterocycles. The van der Waals surface area contributed by atoms with Gasteiger partial charge in [0.2, 0.25) is 5.95 Å². The van der Waals surface area contributed by atoms with E-state index in [2.05, 4.69) is 41.0 Å². The van der Waals surface area contributed by atoms with Crippen LogP contribution in [0.15, 0.2) is 0 Å². The Hall–Kier alpha value is -1.89. The SMILES string of the molecule is CN[C@@H]1CCN(c2nc(N)nc3c(CC(C)(C)C)n(C)nc23)C1. The van der Waals surface area contributed by atoms with Gasteiger partial charge in [-0.05, 0) is 25.3 Å². The number of nitrogens with zero attached hydrogens (tertiary/aromatic N) is 5. The minimum atomic E-state index is 0.158. The standard InChI is InChI=1S/C16H27N7/c1-16(2,3)8-11-12-13(21-22(11)5)14(20-15(17)19-12)23-7-6-10(9-23)18-4/h10,18H,6-9H2,1-5H3,(H2,17,19)/t10-/m1/s1. The number of fused-ring (bicyclic) bond motifs is 1. The predicted octanol–water partition coefficient (Wildman–Crippen LogP) is 1.33. The van der Waals surface area contributed by atoms with Crippen LogP contribution in [-0.4, -0.2) is 45.9 Å². The van der Waals surface area contributed by atoms with Crippen LogP contribution in [0.25, 0.3) is 11.0 Å². The molecule has 1 aliphatic heterocycles. The minimum Gasteiger partial charge on any atom is -0.368 e. The van der Waals surface area contributed by atoms with Crippen molar-refractivity contribution >= 4 is 22.8 Å². The van der Waals surface area contributed by atoms with Gasteiger partial charge in [-0.1, -0.05) is 20.8 Å². The molecule has 2 aromatic rings. The van der Waals surface area contributed by atoms with Crippen LogP contribution in [0.3, 0.4) is 0 Å². The van der Waals surface area contributed by atoms with E-state index in [1.165, 1.54) is 0 Å². The maximum Gasteiger partial charge on any atom is 0.222 e. The molecule has 2 aromatic heterocycles. The van der Waals surface area contributed by atoms with Crippen molar-refractivity contribution in [1.82, 2.24) is 25.1 Å². The molecule has 0 unspecified atom stereocenters. The summed E-state index contributed by atoms with van der Waals surface area (Å²) in [6.07, 6.45) is 2.00. The van der Waals surface area contributed by atoms with Gasteiger partial charge in [-0.25, -0.2) is 4.98 Å². The highest BCUT2D eigenvalue weighted by Crippen LogP contribution is 2.31. The third kappa shape index (κ3) is 3.10. The minimum absolute atomic E-state index is 0.158. The van der Waals surface area contributed by atoms with Crippen molar-refractivity contribution in [2.45, 2.75) is 39.7 Å². The van der Waals surface area contributed by atoms with Crippen LogP contribution in [0.1, 0.15) is 32.9 Å². The lowest BCUT2D eigenvalue weighted by Gasteiger charge is -2.19.